The Morgan fingerprint density at radius 3 is 2.94 bits per heavy atom. The molecule has 0 radical (unpaired) electrons. The minimum absolute atomic E-state index is 0.281. The van der Waals surface area contributed by atoms with Crippen molar-refractivity contribution >= 4 is 5.91 Å². The van der Waals surface area contributed by atoms with Crippen LogP contribution in [0.4, 0.5) is 0 Å². The zero-order valence-electron chi connectivity index (χ0n) is 10.7. The third-order valence-corrected chi connectivity index (χ3v) is 4.25. The fraction of sp³-hybridized carbons (Fsp3) is 0.923. The second kappa shape index (κ2) is 5.83. The molecule has 1 aliphatic carbocycles. The predicted octanol–water partition coefficient (Wildman–Crippen LogP) is 0.999. The van der Waals surface area contributed by atoms with Gasteiger partial charge in [0.25, 0.3) is 0 Å². The molecular formula is C13H24N2O2. The molecule has 3 atom stereocenters. The Labute approximate surface area is 103 Å². The zero-order chi connectivity index (χ0) is 12.3. The SMILES string of the molecule is COCCCC(=O)N1CC2CCCC(N)C2C1. The summed E-state index contributed by atoms with van der Waals surface area (Å²) in [5, 5.41) is 0. The van der Waals surface area contributed by atoms with E-state index in [-0.39, 0.29) is 5.91 Å². The van der Waals surface area contributed by atoms with Crippen LogP contribution < -0.4 is 5.73 Å². The molecule has 0 spiro atoms. The Bertz CT molecular complexity index is 270. The van der Waals surface area contributed by atoms with Crippen LogP contribution >= 0.6 is 0 Å². The van der Waals surface area contributed by atoms with Crippen molar-refractivity contribution in [3.05, 3.63) is 0 Å². The van der Waals surface area contributed by atoms with Gasteiger partial charge in [0.15, 0.2) is 0 Å². The van der Waals surface area contributed by atoms with Gasteiger partial charge in [0, 0.05) is 39.3 Å². The first-order chi connectivity index (χ1) is 8.22. The van der Waals surface area contributed by atoms with E-state index in [0.29, 0.717) is 30.9 Å². The van der Waals surface area contributed by atoms with Gasteiger partial charge < -0.3 is 15.4 Å². The summed E-state index contributed by atoms with van der Waals surface area (Å²) >= 11 is 0. The molecule has 4 heteroatoms. The minimum Gasteiger partial charge on any atom is -0.385 e. The van der Waals surface area contributed by atoms with E-state index >= 15 is 0 Å². The molecule has 3 unspecified atom stereocenters. The molecule has 98 valence electrons. The third kappa shape index (κ3) is 2.99. The highest BCUT2D eigenvalue weighted by Gasteiger charge is 2.39. The minimum atomic E-state index is 0.281. The summed E-state index contributed by atoms with van der Waals surface area (Å²) in [6.45, 7) is 2.49. The Morgan fingerprint density at radius 1 is 1.41 bits per heavy atom. The predicted molar refractivity (Wildman–Crippen MR) is 66.5 cm³/mol. The van der Waals surface area contributed by atoms with E-state index in [1.165, 1.54) is 12.8 Å². The average Bonchev–Trinajstić information content (AvgIpc) is 2.75. The first-order valence-corrected chi connectivity index (χ1v) is 6.74. The summed E-state index contributed by atoms with van der Waals surface area (Å²) in [6.07, 6.45) is 5.05. The van der Waals surface area contributed by atoms with Gasteiger partial charge in [-0.05, 0) is 31.1 Å². The van der Waals surface area contributed by atoms with Gasteiger partial charge >= 0.3 is 0 Å². The summed E-state index contributed by atoms with van der Waals surface area (Å²) in [7, 11) is 1.67. The highest BCUT2D eigenvalue weighted by molar-refractivity contribution is 5.76. The van der Waals surface area contributed by atoms with Crippen molar-refractivity contribution in [2.45, 2.75) is 38.1 Å². The number of ether oxygens (including phenoxy) is 1. The summed E-state index contributed by atoms with van der Waals surface area (Å²) in [4.78, 5) is 14.0. The van der Waals surface area contributed by atoms with Crippen LogP contribution in [0.25, 0.3) is 0 Å². The largest absolute Gasteiger partial charge is 0.385 e. The molecule has 2 aliphatic rings. The van der Waals surface area contributed by atoms with E-state index < -0.39 is 0 Å². The number of likely N-dealkylation sites (tertiary alicyclic amines) is 1. The first kappa shape index (κ1) is 12.8. The summed E-state index contributed by atoms with van der Waals surface area (Å²) in [5.41, 5.74) is 6.15. The van der Waals surface area contributed by atoms with Crippen molar-refractivity contribution < 1.29 is 9.53 Å². The second-order valence-electron chi connectivity index (χ2n) is 5.41. The molecule has 1 aliphatic heterocycles. The highest BCUT2D eigenvalue weighted by Crippen LogP contribution is 2.35. The number of methoxy groups -OCH3 is 1. The van der Waals surface area contributed by atoms with Crippen LogP contribution in [0.5, 0.6) is 0 Å². The molecule has 1 saturated heterocycles. The van der Waals surface area contributed by atoms with Gasteiger partial charge in [0.1, 0.15) is 0 Å². The second-order valence-corrected chi connectivity index (χ2v) is 5.41. The number of nitrogens with two attached hydrogens (primary N) is 1. The number of amides is 1. The fourth-order valence-electron chi connectivity index (χ4n) is 3.25. The highest BCUT2D eigenvalue weighted by atomic mass is 16.5. The molecule has 0 aromatic heterocycles. The number of rotatable bonds is 4. The first-order valence-electron chi connectivity index (χ1n) is 6.74. The number of fused-ring (bicyclic) bond motifs is 1. The number of hydrogen-bond acceptors (Lipinski definition) is 3. The molecule has 17 heavy (non-hydrogen) atoms. The molecular weight excluding hydrogens is 216 g/mol. The van der Waals surface area contributed by atoms with Crippen molar-refractivity contribution in [2.24, 2.45) is 17.6 Å². The maximum absolute atomic E-state index is 12.0. The molecule has 1 heterocycles. The normalized spacial score (nSPS) is 32.6. The molecule has 0 bridgehead atoms. The van der Waals surface area contributed by atoms with E-state index in [2.05, 4.69) is 0 Å². The van der Waals surface area contributed by atoms with E-state index in [4.69, 9.17) is 10.5 Å². The molecule has 0 aromatic rings. The van der Waals surface area contributed by atoms with E-state index in [1.807, 2.05) is 4.90 Å². The number of carbonyl (C=O) groups excluding carboxylic acids is 1. The maximum atomic E-state index is 12.0. The van der Waals surface area contributed by atoms with Crippen molar-refractivity contribution in [1.82, 2.24) is 4.90 Å². The Kier molecular flexibility index (Phi) is 4.40. The summed E-state index contributed by atoms with van der Waals surface area (Å²) in [6, 6.07) is 0.311. The van der Waals surface area contributed by atoms with Gasteiger partial charge in [-0.3, -0.25) is 4.79 Å². The molecule has 4 nitrogen and oxygen atoms in total. The van der Waals surface area contributed by atoms with E-state index in [0.717, 1.165) is 25.9 Å². The van der Waals surface area contributed by atoms with Crippen LogP contribution in [0.2, 0.25) is 0 Å². The van der Waals surface area contributed by atoms with E-state index in [1.54, 1.807) is 7.11 Å². The standard InChI is InChI=1S/C13H24N2O2/c1-17-7-3-6-13(16)15-8-10-4-2-5-12(14)11(10)9-15/h10-12H,2-9,14H2,1H3. The Balaban J connectivity index is 1.81. The third-order valence-electron chi connectivity index (χ3n) is 4.25. The van der Waals surface area contributed by atoms with Crippen molar-refractivity contribution in [1.29, 1.82) is 0 Å². The van der Waals surface area contributed by atoms with Crippen molar-refractivity contribution in [2.75, 3.05) is 26.8 Å². The van der Waals surface area contributed by atoms with Gasteiger partial charge in [0.05, 0.1) is 0 Å². The molecule has 2 rings (SSSR count). The van der Waals surface area contributed by atoms with Crippen LogP contribution in [-0.2, 0) is 9.53 Å². The maximum Gasteiger partial charge on any atom is 0.222 e. The van der Waals surface area contributed by atoms with Gasteiger partial charge in [-0.2, -0.15) is 0 Å². The lowest BCUT2D eigenvalue weighted by Gasteiger charge is -2.29. The lowest BCUT2D eigenvalue weighted by atomic mass is 9.78. The Morgan fingerprint density at radius 2 is 2.24 bits per heavy atom. The van der Waals surface area contributed by atoms with E-state index in [9.17, 15) is 4.79 Å². The molecule has 1 amide bonds. The van der Waals surface area contributed by atoms with Gasteiger partial charge in [-0.15, -0.1) is 0 Å². The quantitative estimate of drug-likeness (QED) is 0.746. The van der Waals surface area contributed by atoms with Crippen molar-refractivity contribution in [3.63, 3.8) is 0 Å². The number of carbonyl (C=O) groups is 1. The van der Waals surface area contributed by atoms with Crippen LogP contribution in [0.3, 0.4) is 0 Å². The average molecular weight is 240 g/mol. The number of hydrogen-bond donors (Lipinski definition) is 1. The zero-order valence-corrected chi connectivity index (χ0v) is 10.7. The molecule has 2 fully saturated rings. The number of nitrogens with zero attached hydrogens (tertiary/aromatic N) is 1. The fourth-order valence-corrected chi connectivity index (χ4v) is 3.25. The van der Waals surface area contributed by atoms with Crippen LogP contribution in [0.1, 0.15) is 32.1 Å². The molecule has 2 N–H and O–H groups in total. The topological polar surface area (TPSA) is 55.6 Å². The summed E-state index contributed by atoms with van der Waals surface area (Å²) < 4.78 is 4.98. The lowest BCUT2D eigenvalue weighted by Crippen LogP contribution is -2.38. The van der Waals surface area contributed by atoms with Gasteiger partial charge in [-0.25, -0.2) is 0 Å². The smallest absolute Gasteiger partial charge is 0.222 e. The van der Waals surface area contributed by atoms with Crippen molar-refractivity contribution in [3.8, 4) is 0 Å². The summed E-state index contributed by atoms with van der Waals surface area (Å²) in [5.74, 6) is 1.49. The van der Waals surface area contributed by atoms with Crippen LogP contribution in [0, 0.1) is 11.8 Å². The van der Waals surface area contributed by atoms with Gasteiger partial charge in [-0.1, -0.05) is 6.42 Å². The van der Waals surface area contributed by atoms with Crippen LogP contribution in [0.15, 0.2) is 0 Å². The van der Waals surface area contributed by atoms with Gasteiger partial charge in [0.2, 0.25) is 5.91 Å². The monoisotopic (exact) mass is 240 g/mol. The molecule has 1 saturated carbocycles. The molecule has 0 aromatic carbocycles. The van der Waals surface area contributed by atoms with Crippen LogP contribution in [-0.4, -0.2) is 43.7 Å². The Hall–Kier alpha value is -0.610. The lowest BCUT2D eigenvalue weighted by molar-refractivity contribution is -0.130.